The van der Waals surface area contributed by atoms with Crippen molar-refractivity contribution in [2.24, 2.45) is 0 Å². The SMILES string of the molecule is O=c1c(-c2ccc(O)cc2)c(OCC(O)CNCc2cc(F)cc(F)c2)oc2ccccc12. The smallest absolute Gasteiger partial charge is 0.297 e. The van der Waals surface area contributed by atoms with E-state index in [1.165, 1.54) is 24.3 Å². The summed E-state index contributed by atoms with van der Waals surface area (Å²) in [5, 5.41) is 23.1. The van der Waals surface area contributed by atoms with E-state index in [0.717, 1.165) is 6.07 Å². The van der Waals surface area contributed by atoms with Crippen molar-refractivity contribution in [2.45, 2.75) is 12.6 Å². The number of ether oxygens (including phenoxy) is 1. The zero-order valence-corrected chi connectivity index (χ0v) is 17.4. The molecule has 3 N–H and O–H groups in total. The molecule has 0 aliphatic rings. The van der Waals surface area contributed by atoms with Crippen molar-refractivity contribution >= 4 is 11.0 Å². The summed E-state index contributed by atoms with van der Waals surface area (Å²) >= 11 is 0. The second kappa shape index (κ2) is 9.81. The lowest BCUT2D eigenvalue weighted by Crippen LogP contribution is -2.31. The van der Waals surface area contributed by atoms with Crippen LogP contribution in [-0.2, 0) is 6.54 Å². The number of phenols is 1. The van der Waals surface area contributed by atoms with E-state index in [-0.39, 0.29) is 42.4 Å². The van der Waals surface area contributed by atoms with Gasteiger partial charge in [-0.3, -0.25) is 4.79 Å². The zero-order valence-electron chi connectivity index (χ0n) is 17.4. The van der Waals surface area contributed by atoms with Crippen LogP contribution in [0.15, 0.2) is 75.9 Å². The van der Waals surface area contributed by atoms with Gasteiger partial charge < -0.3 is 24.7 Å². The number of aromatic hydroxyl groups is 1. The normalized spacial score (nSPS) is 12.1. The molecule has 0 saturated carbocycles. The summed E-state index contributed by atoms with van der Waals surface area (Å²) < 4.78 is 38.0. The van der Waals surface area contributed by atoms with E-state index in [4.69, 9.17) is 9.15 Å². The highest BCUT2D eigenvalue weighted by Gasteiger charge is 2.19. The molecule has 4 rings (SSSR count). The molecule has 0 fully saturated rings. The standard InChI is InChI=1S/C25H21F2NO5/c26-17-9-15(10-18(27)11-17)12-28-13-20(30)14-32-25-23(16-5-7-19(29)8-6-16)24(31)21-3-1-2-4-22(21)33-25/h1-11,20,28-30H,12-14H2. The van der Waals surface area contributed by atoms with Gasteiger partial charge in [0.15, 0.2) is 0 Å². The molecular formula is C25H21F2NO5. The van der Waals surface area contributed by atoms with Crippen LogP contribution in [0.5, 0.6) is 11.7 Å². The molecule has 0 aliphatic heterocycles. The van der Waals surface area contributed by atoms with Gasteiger partial charge in [0.1, 0.15) is 41.2 Å². The minimum absolute atomic E-state index is 0.0473. The molecule has 6 nitrogen and oxygen atoms in total. The molecule has 4 aromatic rings. The van der Waals surface area contributed by atoms with Gasteiger partial charge in [0.2, 0.25) is 5.43 Å². The second-order valence-electron chi connectivity index (χ2n) is 7.51. The predicted octanol–water partition coefficient (Wildman–Crippen LogP) is 3.97. The molecule has 0 saturated heterocycles. The third-order valence-corrected chi connectivity index (χ3v) is 4.96. The summed E-state index contributed by atoms with van der Waals surface area (Å²) in [6, 6.07) is 15.9. The van der Waals surface area contributed by atoms with Gasteiger partial charge in [-0.2, -0.15) is 0 Å². The minimum Gasteiger partial charge on any atom is -0.508 e. The number of hydrogen-bond acceptors (Lipinski definition) is 6. The fourth-order valence-electron chi connectivity index (χ4n) is 3.43. The molecular weight excluding hydrogens is 432 g/mol. The number of benzene rings is 3. The molecule has 0 bridgehead atoms. The van der Waals surface area contributed by atoms with Crippen LogP contribution in [-0.4, -0.2) is 29.5 Å². The molecule has 1 atom stereocenters. The van der Waals surface area contributed by atoms with Gasteiger partial charge in [0.25, 0.3) is 5.95 Å². The zero-order chi connectivity index (χ0) is 23.4. The average Bonchev–Trinajstić information content (AvgIpc) is 2.78. The van der Waals surface area contributed by atoms with Gasteiger partial charge in [-0.1, -0.05) is 24.3 Å². The molecule has 0 aliphatic carbocycles. The number of rotatable bonds is 8. The van der Waals surface area contributed by atoms with E-state index in [1.54, 1.807) is 36.4 Å². The lowest BCUT2D eigenvalue weighted by molar-refractivity contribution is 0.0926. The summed E-state index contributed by atoms with van der Waals surface area (Å²) in [5.41, 5.74) is 1.09. The number of aliphatic hydroxyl groups excluding tert-OH is 1. The van der Waals surface area contributed by atoms with Crippen molar-refractivity contribution in [1.29, 1.82) is 0 Å². The number of halogens is 2. The van der Waals surface area contributed by atoms with Gasteiger partial charge in [-0.15, -0.1) is 0 Å². The van der Waals surface area contributed by atoms with E-state index in [0.29, 0.717) is 22.1 Å². The van der Waals surface area contributed by atoms with Crippen LogP contribution >= 0.6 is 0 Å². The molecule has 0 amide bonds. The van der Waals surface area contributed by atoms with Crippen LogP contribution < -0.4 is 15.5 Å². The minimum atomic E-state index is -0.993. The van der Waals surface area contributed by atoms with E-state index < -0.39 is 17.7 Å². The Kier molecular flexibility index (Phi) is 6.67. The summed E-state index contributed by atoms with van der Waals surface area (Å²) in [6.07, 6.45) is -0.993. The highest BCUT2D eigenvalue weighted by atomic mass is 19.1. The lowest BCUT2D eigenvalue weighted by Gasteiger charge is -2.15. The predicted molar refractivity (Wildman–Crippen MR) is 119 cm³/mol. The Morgan fingerprint density at radius 2 is 1.70 bits per heavy atom. The maximum atomic E-state index is 13.3. The van der Waals surface area contributed by atoms with Gasteiger partial charge in [-0.25, -0.2) is 8.78 Å². The van der Waals surface area contributed by atoms with Crippen molar-refractivity contribution in [2.75, 3.05) is 13.2 Å². The van der Waals surface area contributed by atoms with E-state index in [9.17, 15) is 23.8 Å². The van der Waals surface area contributed by atoms with Crippen molar-refractivity contribution in [3.05, 3.63) is 94.2 Å². The summed E-state index contributed by atoms with van der Waals surface area (Å²) in [5.74, 6) is -1.37. The number of aliphatic hydroxyl groups is 1. The first-order valence-electron chi connectivity index (χ1n) is 10.2. The fraction of sp³-hybridized carbons (Fsp3) is 0.160. The molecule has 1 unspecified atom stereocenters. The highest BCUT2D eigenvalue weighted by molar-refractivity contribution is 5.84. The maximum Gasteiger partial charge on any atom is 0.297 e. The van der Waals surface area contributed by atoms with Crippen molar-refractivity contribution in [3.8, 4) is 22.8 Å². The van der Waals surface area contributed by atoms with Crippen molar-refractivity contribution in [3.63, 3.8) is 0 Å². The molecule has 0 spiro atoms. The molecule has 0 radical (unpaired) electrons. The summed E-state index contributed by atoms with van der Waals surface area (Å²) in [4.78, 5) is 13.1. The van der Waals surface area contributed by atoms with Crippen LogP contribution in [0.2, 0.25) is 0 Å². The number of para-hydroxylation sites is 1. The van der Waals surface area contributed by atoms with Crippen molar-refractivity contribution in [1.82, 2.24) is 5.32 Å². The molecule has 170 valence electrons. The fourth-order valence-corrected chi connectivity index (χ4v) is 3.43. The molecule has 1 heterocycles. The van der Waals surface area contributed by atoms with Gasteiger partial charge in [0.05, 0.1) is 5.39 Å². The molecule has 3 aromatic carbocycles. The van der Waals surface area contributed by atoms with E-state index >= 15 is 0 Å². The third kappa shape index (κ3) is 5.36. The Hall–Kier alpha value is -3.75. The number of hydrogen-bond donors (Lipinski definition) is 3. The third-order valence-electron chi connectivity index (χ3n) is 4.96. The second-order valence-corrected chi connectivity index (χ2v) is 7.51. The Balaban J connectivity index is 1.49. The number of phenolic OH excluding ortho intramolecular Hbond substituents is 1. The average molecular weight is 453 g/mol. The first kappa shape index (κ1) is 22.4. The van der Waals surface area contributed by atoms with E-state index in [1.807, 2.05) is 0 Å². The lowest BCUT2D eigenvalue weighted by atomic mass is 10.0. The Bertz CT molecular complexity index is 1300. The van der Waals surface area contributed by atoms with Gasteiger partial charge in [-0.05, 0) is 47.5 Å². The number of fused-ring (bicyclic) bond motifs is 1. The van der Waals surface area contributed by atoms with Crippen LogP contribution in [0.1, 0.15) is 5.56 Å². The topological polar surface area (TPSA) is 91.9 Å². The summed E-state index contributed by atoms with van der Waals surface area (Å²) in [6.45, 7) is 0.0247. The molecule has 33 heavy (non-hydrogen) atoms. The first-order valence-corrected chi connectivity index (χ1v) is 10.2. The van der Waals surface area contributed by atoms with Gasteiger partial charge in [0, 0.05) is 19.2 Å². The van der Waals surface area contributed by atoms with Gasteiger partial charge >= 0.3 is 0 Å². The van der Waals surface area contributed by atoms with Crippen molar-refractivity contribution < 1.29 is 28.1 Å². The Morgan fingerprint density at radius 3 is 2.42 bits per heavy atom. The van der Waals surface area contributed by atoms with Crippen LogP contribution in [0, 0.1) is 11.6 Å². The maximum absolute atomic E-state index is 13.3. The quantitative estimate of drug-likeness (QED) is 0.374. The van der Waals surface area contributed by atoms with E-state index in [2.05, 4.69) is 5.32 Å². The number of nitrogens with one attached hydrogen (secondary N) is 1. The Labute approximate surface area is 187 Å². The monoisotopic (exact) mass is 453 g/mol. The summed E-state index contributed by atoms with van der Waals surface area (Å²) in [7, 11) is 0. The van der Waals surface area contributed by atoms with Crippen LogP contribution in [0.25, 0.3) is 22.1 Å². The first-order chi connectivity index (χ1) is 15.9. The highest BCUT2D eigenvalue weighted by Crippen LogP contribution is 2.31. The molecule has 8 heteroatoms. The Morgan fingerprint density at radius 1 is 1.00 bits per heavy atom. The molecule has 1 aromatic heterocycles. The van der Waals surface area contributed by atoms with Crippen LogP contribution in [0.3, 0.4) is 0 Å². The largest absolute Gasteiger partial charge is 0.508 e. The van der Waals surface area contributed by atoms with Crippen LogP contribution in [0.4, 0.5) is 8.78 Å².